The number of hydrogen-bond donors (Lipinski definition) is 2. The van der Waals surface area contributed by atoms with Gasteiger partial charge in [-0.2, -0.15) is 20.2 Å². The minimum Gasteiger partial charge on any atom is -0.448 e. The van der Waals surface area contributed by atoms with E-state index in [-0.39, 0.29) is 18.7 Å². The van der Waals surface area contributed by atoms with Gasteiger partial charge in [-0.05, 0) is 20.8 Å². The lowest BCUT2D eigenvalue weighted by Crippen LogP contribution is -2.15. The largest absolute Gasteiger partial charge is 0.448 e. The van der Waals surface area contributed by atoms with Crippen molar-refractivity contribution in [1.82, 2.24) is 15.0 Å². The predicted octanol–water partition coefficient (Wildman–Crippen LogP) is 1.03. The van der Waals surface area contributed by atoms with Gasteiger partial charge < -0.3 is 15.4 Å². The van der Waals surface area contributed by atoms with Gasteiger partial charge in [-0.3, -0.25) is 0 Å². The zero-order valence-electron chi connectivity index (χ0n) is 10.2. The van der Waals surface area contributed by atoms with Crippen molar-refractivity contribution in [2.24, 2.45) is 0 Å². The summed E-state index contributed by atoms with van der Waals surface area (Å²) in [6.07, 6.45) is 0. The lowest BCUT2D eigenvalue weighted by molar-refractivity contribution is 0.337. The Morgan fingerprint density at radius 2 is 2.00 bits per heavy atom. The molecular formula is C10H16N6O. The van der Waals surface area contributed by atoms with Crippen molar-refractivity contribution in [2.45, 2.75) is 26.8 Å². The van der Waals surface area contributed by atoms with Crippen LogP contribution in [0.5, 0.6) is 6.01 Å². The number of hydrogen-bond acceptors (Lipinski definition) is 7. The summed E-state index contributed by atoms with van der Waals surface area (Å²) in [5, 5.41) is 14.5. The number of rotatable bonds is 6. The number of nitrogens with one attached hydrogen (secondary N) is 2. The van der Waals surface area contributed by atoms with Crippen molar-refractivity contribution in [3.63, 3.8) is 0 Å². The van der Waals surface area contributed by atoms with Crippen LogP contribution < -0.4 is 15.4 Å². The molecule has 1 aromatic rings. The molecular weight excluding hydrogens is 220 g/mol. The molecule has 0 aliphatic heterocycles. The fourth-order valence-electron chi connectivity index (χ4n) is 1.08. The standard InChI is InChI=1S/C10H16N6O/c1-4-12-8-14-9(13-7(2)3)16-10(15-8)17-6-5-11/h7H,4,6H2,1-3H3,(H2,12,13,14,15,16). The van der Waals surface area contributed by atoms with E-state index in [1.165, 1.54) is 0 Å². The predicted molar refractivity (Wildman–Crippen MR) is 63.9 cm³/mol. The van der Waals surface area contributed by atoms with Crippen LogP contribution in [-0.4, -0.2) is 34.1 Å². The van der Waals surface area contributed by atoms with Gasteiger partial charge in [0, 0.05) is 12.6 Å². The molecule has 0 unspecified atom stereocenters. The van der Waals surface area contributed by atoms with E-state index in [2.05, 4.69) is 25.6 Å². The molecule has 0 radical (unpaired) electrons. The summed E-state index contributed by atoms with van der Waals surface area (Å²) < 4.78 is 5.06. The molecule has 0 aliphatic carbocycles. The smallest absolute Gasteiger partial charge is 0.324 e. The summed E-state index contributed by atoms with van der Waals surface area (Å²) in [6.45, 7) is 6.51. The van der Waals surface area contributed by atoms with Gasteiger partial charge in [-0.1, -0.05) is 0 Å². The Kier molecular flexibility index (Phi) is 4.94. The van der Waals surface area contributed by atoms with Crippen LogP contribution in [0.4, 0.5) is 11.9 Å². The van der Waals surface area contributed by atoms with Gasteiger partial charge in [0.15, 0.2) is 6.61 Å². The van der Waals surface area contributed by atoms with E-state index < -0.39 is 0 Å². The van der Waals surface area contributed by atoms with Gasteiger partial charge in [0.25, 0.3) is 0 Å². The molecule has 92 valence electrons. The first-order chi connectivity index (χ1) is 8.15. The van der Waals surface area contributed by atoms with Gasteiger partial charge in [-0.25, -0.2) is 0 Å². The molecule has 0 fully saturated rings. The number of ether oxygens (including phenoxy) is 1. The maximum atomic E-state index is 8.44. The fourth-order valence-corrected chi connectivity index (χ4v) is 1.08. The maximum absolute atomic E-state index is 8.44. The van der Waals surface area contributed by atoms with Gasteiger partial charge >= 0.3 is 6.01 Å². The van der Waals surface area contributed by atoms with Gasteiger partial charge in [0.2, 0.25) is 11.9 Å². The summed E-state index contributed by atoms with van der Waals surface area (Å²) >= 11 is 0. The molecule has 0 bridgehead atoms. The molecule has 0 saturated heterocycles. The topological polar surface area (TPSA) is 95.8 Å². The monoisotopic (exact) mass is 236 g/mol. The molecule has 1 aromatic heterocycles. The van der Waals surface area contributed by atoms with Gasteiger partial charge in [-0.15, -0.1) is 0 Å². The van der Waals surface area contributed by atoms with Crippen molar-refractivity contribution in [2.75, 3.05) is 23.8 Å². The maximum Gasteiger partial charge on any atom is 0.324 e. The van der Waals surface area contributed by atoms with E-state index >= 15 is 0 Å². The van der Waals surface area contributed by atoms with Crippen LogP contribution in [0.1, 0.15) is 20.8 Å². The van der Waals surface area contributed by atoms with Crippen LogP contribution in [0.25, 0.3) is 0 Å². The van der Waals surface area contributed by atoms with Gasteiger partial charge in [0.1, 0.15) is 6.07 Å². The zero-order valence-corrected chi connectivity index (χ0v) is 10.2. The third-order valence-electron chi connectivity index (χ3n) is 1.63. The fraction of sp³-hybridized carbons (Fsp3) is 0.600. The van der Waals surface area contributed by atoms with Crippen molar-refractivity contribution in [3.05, 3.63) is 0 Å². The molecule has 17 heavy (non-hydrogen) atoms. The van der Waals surface area contributed by atoms with Crippen LogP contribution in [0.2, 0.25) is 0 Å². The average Bonchev–Trinajstić information content (AvgIpc) is 2.25. The molecule has 0 atom stereocenters. The van der Waals surface area contributed by atoms with Crippen LogP contribution in [0.3, 0.4) is 0 Å². The van der Waals surface area contributed by atoms with E-state index in [1.807, 2.05) is 26.8 Å². The Hall–Kier alpha value is -2.10. The second kappa shape index (κ2) is 6.48. The summed E-state index contributed by atoms with van der Waals surface area (Å²) in [7, 11) is 0. The van der Waals surface area contributed by atoms with Crippen LogP contribution in [-0.2, 0) is 0 Å². The molecule has 1 rings (SSSR count). The second-order valence-electron chi connectivity index (χ2n) is 3.54. The Balaban J connectivity index is 2.88. The summed E-state index contributed by atoms with van der Waals surface area (Å²) in [6, 6.07) is 2.21. The Bertz CT molecular complexity index is 400. The third kappa shape index (κ3) is 4.51. The molecule has 2 N–H and O–H groups in total. The van der Waals surface area contributed by atoms with Crippen molar-refractivity contribution in [3.8, 4) is 12.1 Å². The Morgan fingerprint density at radius 3 is 2.59 bits per heavy atom. The van der Waals surface area contributed by atoms with Crippen LogP contribution >= 0.6 is 0 Å². The first-order valence-corrected chi connectivity index (χ1v) is 5.42. The lowest BCUT2D eigenvalue weighted by atomic mass is 10.4. The molecule has 7 nitrogen and oxygen atoms in total. The van der Waals surface area contributed by atoms with Crippen molar-refractivity contribution in [1.29, 1.82) is 5.26 Å². The molecule has 0 spiro atoms. The van der Waals surface area contributed by atoms with Crippen LogP contribution in [0, 0.1) is 11.3 Å². The minimum atomic E-state index is -0.0866. The van der Waals surface area contributed by atoms with E-state index in [0.29, 0.717) is 18.4 Å². The normalized spacial score (nSPS) is 9.82. The zero-order chi connectivity index (χ0) is 12.7. The summed E-state index contributed by atoms with van der Waals surface area (Å²) in [5.41, 5.74) is 0. The highest BCUT2D eigenvalue weighted by Crippen LogP contribution is 2.11. The molecule has 0 aliphatic rings. The molecule has 0 saturated carbocycles. The van der Waals surface area contributed by atoms with Gasteiger partial charge in [0.05, 0.1) is 0 Å². The van der Waals surface area contributed by atoms with E-state index in [4.69, 9.17) is 10.00 Å². The summed E-state index contributed by atoms with van der Waals surface area (Å²) in [4.78, 5) is 12.2. The third-order valence-corrected chi connectivity index (χ3v) is 1.63. The molecule has 0 amide bonds. The Labute approximate surface area is 100 Å². The van der Waals surface area contributed by atoms with Crippen molar-refractivity contribution < 1.29 is 4.74 Å². The summed E-state index contributed by atoms with van der Waals surface area (Å²) in [5.74, 6) is 0.859. The van der Waals surface area contributed by atoms with E-state index in [9.17, 15) is 0 Å². The number of nitriles is 1. The van der Waals surface area contributed by atoms with E-state index in [1.54, 1.807) is 0 Å². The first-order valence-electron chi connectivity index (χ1n) is 5.42. The molecule has 1 heterocycles. The molecule has 7 heteroatoms. The number of aromatic nitrogens is 3. The minimum absolute atomic E-state index is 0.0866. The molecule has 0 aromatic carbocycles. The highest BCUT2D eigenvalue weighted by molar-refractivity contribution is 5.36. The number of nitrogens with zero attached hydrogens (tertiary/aromatic N) is 4. The average molecular weight is 236 g/mol. The quantitative estimate of drug-likeness (QED) is 0.761. The van der Waals surface area contributed by atoms with Crippen LogP contribution in [0.15, 0.2) is 0 Å². The van der Waals surface area contributed by atoms with E-state index in [0.717, 1.165) is 0 Å². The highest BCUT2D eigenvalue weighted by atomic mass is 16.5. The van der Waals surface area contributed by atoms with Crippen molar-refractivity contribution >= 4 is 11.9 Å². The lowest BCUT2D eigenvalue weighted by Gasteiger charge is -2.10. The highest BCUT2D eigenvalue weighted by Gasteiger charge is 2.07. The first kappa shape index (κ1) is 13.0. The SMILES string of the molecule is CCNc1nc(NC(C)C)nc(OCC#N)n1. The Morgan fingerprint density at radius 1 is 1.29 bits per heavy atom. The number of anilines is 2. The second-order valence-corrected chi connectivity index (χ2v) is 3.54.